The molecule has 3 N–H and O–H groups in total. The number of nitrogens with two attached hydrogens (primary N) is 1. The Balaban J connectivity index is 1.71. The minimum atomic E-state index is -0.151. The number of carbonyl (C=O) groups excluding carboxylic acids is 1. The molecule has 1 unspecified atom stereocenters. The summed E-state index contributed by atoms with van der Waals surface area (Å²) in [4.78, 5) is 12.1. The second kappa shape index (κ2) is 5.46. The lowest BCUT2D eigenvalue weighted by molar-refractivity contribution is 0.0928. The Kier molecular flexibility index (Phi) is 3.52. The molecule has 1 aromatic heterocycles. The maximum atomic E-state index is 12.1. The Morgan fingerprint density at radius 1 is 1.35 bits per heavy atom. The molecular formula is C15H18N4O. The van der Waals surface area contributed by atoms with Crippen LogP contribution < -0.4 is 11.1 Å². The lowest BCUT2D eigenvalue weighted by Gasteiger charge is -2.14. The Labute approximate surface area is 117 Å². The third-order valence-corrected chi connectivity index (χ3v) is 3.60. The molecule has 3 rings (SSSR count). The molecule has 1 aromatic carbocycles. The smallest absolute Gasteiger partial charge is 0.272 e. The molecule has 1 fully saturated rings. The molecule has 5 heteroatoms. The molecular weight excluding hydrogens is 252 g/mol. The van der Waals surface area contributed by atoms with Gasteiger partial charge in [-0.15, -0.1) is 0 Å². The average molecular weight is 270 g/mol. The third kappa shape index (κ3) is 2.72. The van der Waals surface area contributed by atoms with Gasteiger partial charge in [-0.05, 0) is 37.0 Å². The normalized spacial score (nSPS) is 15.8. The second-order valence-corrected chi connectivity index (χ2v) is 5.13. The number of hydrogen-bond acceptors (Lipinski definition) is 3. The number of nitrogens with zero attached hydrogens (tertiary/aromatic N) is 2. The number of carbonyl (C=O) groups is 1. The van der Waals surface area contributed by atoms with Crippen LogP contribution in [0.5, 0.6) is 0 Å². The lowest BCUT2D eigenvalue weighted by Crippen LogP contribution is -2.41. The van der Waals surface area contributed by atoms with Gasteiger partial charge in [-0.3, -0.25) is 4.79 Å². The standard InChI is InChI=1S/C15H18N4O/c16-10-14(11-6-7-11)17-15(20)13-8-9-19(18-13)12-4-2-1-3-5-12/h1-5,8-9,11,14H,6-7,10,16H2,(H,17,20). The van der Waals surface area contributed by atoms with E-state index in [4.69, 9.17) is 5.73 Å². The summed E-state index contributed by atoms with van der Waals surface area (Å²) in [6.07, 6.45) is 4.10. The fourth-order valence-electron chi connectivity index (χ4n) is 2.28. The lowest BCUT2D eigenvalue weighted by atomic mass is 10.2. The van der Waals surface area contributed by atoms with Gasteiger partial charge >= 0.3 is 0 Å². The van der Waals surface area contributed by atoms with Crippen molar-refractivity contribution in [1.29, 1.82) is 0 Å². The van der Waals surface area contributed by atoms with Gasteiger partial charge in [0.1, 0.15) is 0 Å². The van der Waals surface area contributed by atoms with Crippen LogP contribution in [0.3, 0.4) is 0 Å². The Bertz CT molecular complexity index is 589. The topological polar surface area (TPSA) is 72.9 Å². The molecule has 104 valence electrons. The number of rotatable bonds is 5. The molecule has 1 atom stereocenters. The molecule has 1 aliphatic carbocycles. The predicted octanol–water partition coefficient (Wildman–Crippen LogP) is 1.34. The highest BCUT2D eigenvalue weighted by Crippen LogP contribution is 2.32. The predicted molar refractivity (Wildman–Crippen MR) is 76.6 cm³/mol. The van der Waals surface area contributed by atoms with Crippen molar-refractivity contribution < 1.29 is 4.79 Å². The van der Waals surface area contributed by atoms with Crippen molar-refractivity contribution in [1.82, 2.24) is 15.1 Å². The fraction of sp³-hybridized carbons (Fsp3) is 0.333. The molecule has 0 spiro atoms. The van der Waals surface area contributed by atoms with E-state index in [0.717, 1.165) is 18.5 Å². The summed E-state index contributed by atoms with van der Waals surface area (Å²) >= 11 is 0. The van der Waals surface area contributed by atoms with E-state index in [1.165, 1.54) is 0 Å². The monoisotopic (exact) mass is 270 g/mol. The molecule has 0 bridgehead atoms. The summed E-state index contributed by atoms with van der Waals surface area (Å²) in [5.74, 6) is 0.391. The van der Waals surface area contributed by atoms with E-state index in [2.05, 4.69) is 10.4 Å². The van der Waals surface area contributed by atoms with Crippen LogP contribution in [0.1, 0.15) is 23.3 Å². The average Bonchev–Trinajstić information content (AvgIpc) is 3.21. The van der Waals surface area contributed by atoms with Crippen LogP contribution in [0.25, 0.3) is 5.69 Å². The second-order valence-electron chi connectivity index (χ2n) is 5.13. The summed E-state index contributed by atoms with van der Waals surface area (Å²) in [6.45, 7) is 0.482. The van der Waals surface area contributed by atoms with Crippen LogP contribution in [0.2, 0.25) is 0 Å². The van der Waals surface area contributed by atoms with E-state index in [9.17, 15) is 4.79 Å². The minimum Gasteiger partial charge on any atom is -0.346 e. The van der Waals surface area contributed by atoms with Crippen molar-refractivity contribution in [2.75, 3.05) is 6.54 Å². The zero-order valence-corrected chi connectivity index (χ0v) is 11.2. The van der Waals surface area contributed by atoms with Crippen molar-refractivity contribution in [3.05, 3.63) is 48.3 Å². The summed E-state index contributed by atoms with van der Waals surface area (Å²) in [5.41, 5.74) is 7.05. The van der Waals surface area contributed by atoms with Crippen molar-refractivity contribution in [2.24, 2.45) is 11.7 Å². The van der Waals surface area contributed by atoms with Gasteiger partial charge in [0.2, 0.25) is 0 Å². The first kappa shape index (κ1) is 12.9. The molecule has 2 aromatic rings. The van der Waals surface area contributed by atoms with Gasteiger partial charge in [0, 0.05) is 18.8 Å². The quantitative estimate of drug-likeness (QED) is 0.861. The van der Waals surface area contributed by atoms with Crippen LogP contribution in [0.15, 0.2) is 42.6 Å². The van der Waals surface area contributed by atoms with Crippen molar-refractivity contribution in [2.45, 2.75) is 18.9 Å². The highest BCUT2D eigenvalue weighted by atomic mass is 16.2. The van der Waals surface area contributed by atoms with E-state index < -0.39 is 0 Å². The van der Waals surface area contributed by atoms with Crippen molar-refractivity contribution in [3.8, 4) is 5.69 Å². The minimum absolute atomic E-state index is 0.0735. The Hall–Kier alpha value is -2.14. The Morgan fingerprint density at radius 3 is 2.75 bits per heavy atom. The number of aromatic nitrogens is 2. The zero-order chi connectivity index (χ0) is 13.9. The summed E-state index contributed by atoms with van der Waals surface area (Å²) in [6, 6.07) is 11.5. The molecule has 20 heavy (non-hydrogen) atoms. The molecule has 0 saturated heterocycles. The summed E-state index contributed by atoms with van der Waals surface area (Å²) in [5, 5.41) is 7.28. The highest BCUT2D eigenvalue weighted by Gasteiger charge is 2.31. The van der Waals surface area contributed by atoms with Gasteiger partial charge in [-0.2, -0.15) is 5.10 Å². The molecule has 1 aliphatic rings. The largest absolute Gasteiger partial charge is 0.346 e. The van der Waals surface area contributed by atoms with Crippen LogP contribution in [-0.4, -0.2) is 28.3 Å². The highest BCUT2D eigenvalue weighted by molar-refractivity contribution is 5.92. The van der Waals surface area contributed by atoms with Gasteiger partial charge in [0.25, 0.3) is 5.91 Å². The first-order chi connectivity index (χ1) is 9.78. The molecule has 1 saturated carbocycles. The van der Waals surface area contributed by atoms with E-state index in [0.29, 0.717) is 18.2 Å². The van der Waals surface area contributed by atoms with Gasteiger partial charge in [0.05, 0.1) is 5.69 Å². The SMILES string of the molecule is NCC(NC(=O)c1ccn(-c2ccccc2)n1)C1CC1. The number of para-hydroxylation sites is 1. The number of hydrogen-bond donors (Lipinski definition) is 2. The molecule has 1 heterocycles. The van der Waals surface area contributed by atoms with Gasteiger partial charge in [-0.25, -0.2) is 4.68 Å². The van der Waals surface area contributed by atoms with E-state index in [-0.39, 0.29) is 11.9 Å². The number of benzene rings is 1. The molecule has 0 aliphatic heterocycles. The molecule has 1 amide bonds. The van der Waals surface area contributed by atoms with E-state index in [1.807, 2.05) is 30.3 Å². The van der Waals surface area contributed by atoms with Gasteiger partial charge in [0.15, 0.2) is 5.69 Å². The number of amides is 1. The fourth-order valence-corrected chi connectivity index (χ4v) is 2.28. The van der Waals surface area contributed by atoms with Crippen LogP contribution in [-0.2, 0) is 0 Å². The summed E-state index contributed by atoms with van der Waals surface area (Å²) < 4.78 is 1.70. The molecule has 5 nitrogen and oxygen atoms in total. The third-order valence-electron chi connectivity index (χ3n) is 3.60. The van der Waals surface area contributed by atoms with Crippen LogP contribution in [0.4, 0.5) is 0 Å². The molecule has 0 radical (unpaired) electrons. The van der Waals surface area contributed by atoms with Crippen LogP contribution >= 0.6 is 0 Å². The maximum Gasteiger partial charge on any atom is 0.272 e. The van der Waals surface area contributed by atoms with E-state index >= 15 is 0 Å². The number of nitrogens with one attached hydrogen (secondary N) is 1. The Morgan fingerprint density at radius 2 is 2.10 bits per heavy atom. The van der Waals surface area contributed by atoms with Gasteiger partial charge < -0.3 is 11.1 Å². The first-order valence-corrected chi connectivity index (χ1v) is 6.90. The van der Waals surface area contributed by atoms with Crippen molar-refractivity contribution in [3.63, 3.8) is 0 Å². The van der Waals surface area contributed by atoms with E-state index in [1.54, 1.807) is 16.9 Å². The summed E-state index contributed by atoms with van der Waals surface area (Å²) in [7, 11) is 0. The van der Waals surface area contributed by atoms with Crippen LogP contribution in [0, 0.1) is 5.92 Å². The first-order valence-electron chi connectivity index (χ1n) is 6.90. The van der Waals surface area contributed by atoms with Gasteiger partial charge in [-0.1, -0.05) is 18.2 Å². The maximum absolute atomic E-state index is 12.1. The van der Waals surface area contributed by atoms with Crippen molar-refractivity contribution >= 4 is 5.91 Å². The zero-order valence-electron chi connectivity index (χ0n) is 11.2.